The topological polar surface area (TPSA) is 17.1 Å². The summed E-state index contributed by atoms with van der Waals surface area (Å²) in [6.07, 6.45) is 0. The van der Waals surface area contributed by atoms with Crippen molar-refractivity contribution >= 4 is 34.7 Å². The molecule has 3 aromatic rings. The molecule has 0 fully saturated rings. The van der Waals surface area contributed by atoms with Crippen molar-refractivity contribution in [3.05, 3.63) is 105 Å². The lowest BCUT2D eigenvalue weighted by molar-refractivity contribution is 0.104. The van der Waals surface area contributed by atoms with E-state index in [9.17, 15) is 4.79 Å². The van der Waals surface area contributed by atoms with Crippen molar-refractivity contribution in [2.45, 2.75) is 4.90 Å². The Morgan fingerprint density at radius 3 is 2.04 bits per heavy atom. The molecule has 3 aromatic carbocycles. The fourth-order valence-electron chi connectivity index (χ4n) is 2.87. The third-order valence-corrected chi connectivity index (χ3v) is 5.32. The second-order valence-electron chi connectivity index (χ2n) is 5.50. The zero-order valence-electron chi connectivity index (χ0n) is 12.7. The summed E-state index contributed by atoms with van der Waals surface area (Å²) in [7, 11) is 0. The van der Waals surface area contributed by atoms with Gasteiger partial charge in [-0.05, 0) is 35.4 Å². The van der Waals surface area contributed by atoms with Crippen LogP contribution in [-0.4, -0.2) is 5.78 Å². The number of carbonyl (C=O) groups is 1. The molecule has 0 aliphatic heterocycles. The Labute approximate surface area is 150 Å². The quantitative estimate of drug-likeness (QED) is 0.569. The van der Waals surface area contributed by atoms with E-state index in [2.05, 4.69) is 0 Å². The standard InChI is InChI=1S/C21H13ClOS/c22-15-10-12-16(13-11-15)24-21-19(14-6-2-1-3-7-14)17-8-4-5-9-18(17)20(21)23/h1-13H. The molecule has 0 radical (unpaired) electrons. The molecule has 116 valence electrons. The van der Waals surface area contributed by atoms with Crippen molar-refractivity contribution in [1.29, 1.82) is 0 Å². The minimum absolute atomic E-state index is 0.0874. The van der Waals surface area contributed by atoms with E-state index in [1.165, 1.54) is 11.8 Å². The van der Waals surface area contributed by atoms with E-state index in [0.29, 0.717) is 5.02 Å². The number of allylic oxidation sites excluding steroid dienone is 1. The Morgan fingerprint density at radius 2 is 1.33 bits per heavy atom. The van der Waals surface area contributed by atoms with Gasteiger partial charge in [0.15, 0.2) is 0 Å². The van der Waals surface area contributed by atoms with Gasteiger partial charge in [-0.3, -0.25) is 4.79 Å². The molecular formula is C21H13ClOS. The Balaban J connectivity index is 1.87. The average molecular weight is 349 g/mol. The van der Waals surface area contributed by atoms with Crippen molar-refractivity contribution < 1.29 is 4.79 Å². The summed E-state index contributed by atoms with van der Waals surface area (Å²) in [6.45, 7) is 0. The molecule has 0 unspecified atom stereocenters. The molecule has 0 N–H and O–H groups in total. The molecule has 0 atom stereocenters. The van der Waals surface area contributed by atoms with E-state index in [-0.39, 0.29) is 5.78 Å². The van der Waals surface area contributed by atoms with Crippen LogP contribution in [0.3, 0.4) is 0 Å². The normalized spacial score (nSPS) is 13.3. The predicted octanol–water partition coefficient (Wildman–Crippen LogP) is 6.09. The summed E-state index contributed by atoms with van der Waals surface area (Å²) < 4.78 is 0. The van der Waals surface area contributed by atoms with Gasteiger partial charge in [0.1, 0.15) is 0 Å². The molecule has 0 amide bonds. The summed E-state index contributed by atoms with van der Waals surface area (Å²) in [5.74, 6) is 0.0874. The molecule has 24 heavy (non-hydrogen) atoms. The fourth-order valence-corrected chi connectivity index (χ4v) is 4.03. The molecule has 0 saturated heterocycles. The van der Waals surface area contributed by atoms with Gasteiger partial charge in [-0.15, -0.1) is 0 Å². The lowest BCUT2D eigenvalue weighted by Gasteiger charge is -2.08. The van der Waals surface area contributed by atoms with Crippen LogP contribution < -0.4 is 0 Å². The first-order chi connectivity index (χ1) is 11.7. The maximum Gasteiger partial charge on any atom is 0.200 e. The maximum absolute atomic E-state index is 12.9. The molecular weight excluding hydrogens is 336 g/mol. The van der Waals surface area contributed by atoms with Gasteiger partial charge < -0.3 is 0 Å². The summed E-state index contributed by atoms with van der Waals surface area (Å²) in [5.41, 5.74) is 3.85. The zero-order valence-corrected chi connectivity index (χ0v) is 14.3. The molecule has 0 bridgehead atoms. The Kier molecular flexibility index (Phi) is 4.01. The van der Waals surface area contributed by atoms with Crippen molar-refractivity contribution in [2.75, 3.05) is 0 Å². The van der Waals surface area contributed by atoms with Crippen LogP contribution >= 0.6 is 23.4 Å². The van der Waals surface area contributed by atoms with Gasteiger partial charge in [0, 0.05) is 21.1 Å². The first-order valence-electron chi connectivity index (χ1n) is 7.61. The molecule has 0 saturated carbocycles. The van der Waals surface area contributed by atoms with E-state index < -0.39 is 0 Å². The van der Waals surface area contributed by atoms with Crippen LogP contribution in [0.25, 0.3) is 5.57 Å². The lowest BCUT2D eigenvalue weighted by Crippen LogP contribution is -1.95. The molecule has 0 heterocycles. The molecule has 3 heteroatoms. The van der Waals surface area contributed by atoms with Gasteiger partial charge in [0.05, 0.1) is 4.91 Å². The van der Waals surface area contributed by atoms with E-state index >= 15 is 0 Å². The molecule has 1 aliphatic rings. The molecule has 1 aliphatic carbocycles. The van der Waals surface area contributed by atoms with E-state index in [4.69, 9.17) is 11.6 Å². The van der Waals surface area contributed by atoms with Gasteiger partial charge in [-0.25, -0.2) is 0 Å². The number of benzene rings is 3. The second kappa shape index (κ2) is 6.31. The van der Waals surface area contributed by atoms with Gasteiger partial charge in [-0.1, -0.05) is 78.0 Å². The van der Waals surface area contributed by atoms with Gasteiger partial charge >= 0.3 is 0 Å². The van der Waals surface area contributed by atoms with Crippen LogP contribution in [0.5, 0.6) is 0 Å². The van der Waals surface area contributed by atoms with Crippen molar-refractivity contribution in [3.63, 3.8) is 0 Å². The number of halogens is 1. The first kappa shape index (κ1) is 15.3. The van der Waals surface area contributed by atoms with Gasteiger partial charge in [-0.2, -0.15) is 0 Å². The average Bonchev–Trinajstić information content (AvgIpc) is 2.90. The summed E-state index contributed by atoms with van der Waals surface area (Å²) in [4.78, 5) is 14.7. The highest BCUT2D eigenvalue weighted by Crippen LogP contribution is 2.44. The van der Waals surface area contributed by atoms with Gasteiger partial charge in [0.25, 0.3) is 0 Å². The van der Waals surface area contributed by atoms with Gasteiger partial charge in [0.2, 0.25) is 5.78 Å². The van der Waals surface area contributed by atoms with Crippen LogP contribution in [0.15, 0.2) is 88.7 Å². The number of carbonyl (C=O) groups excluding carboxylic acids is 1. The molecule has 0 spiro atoms. The minimum atomic E-state index is 0.0874. The number of rotatable bonds is 3. The number of hydrogen-bond acceptors (Lipinski definition) is 2. The predicted molar refractivity (Wildman–Crippen MR) is 101 cm³/mol. The smallest absolute Gasteiger partial charge is 0.200 e. The SMILES string of the molecule is O=C1C(Sc2ccc(Cl)cc2)=C(c2ccccc2)c2ccccc21. The van der Waals surface area contributed by atoms with Crippen LogP contribution in [0.2, 0.25) is 5.02 Å². The number of thioether (sulfide) groups is 1. The summed E-state index contributed by atoms with van der Waals surface area (Å²) in [6, 6.07) is 25.5. The highest BCUT2D eigenvalue weighted by atomic mass is 35.5. The molecule has 0 aromatic heterocycles. The highest BCUT2D eigenvalue weighted by Gasteiger charge is 2.30. The zero-order chi connectivity index (χ0) is 16.5. The fraction of sp³-hybridized carbons (Fsp3) is 0. The highest BCUT2D eigenvalue weighted by molar-refractivity contribution is 8.04. The number of ketones is 1. The number of hydrogen-bond donors (Lipinski definition) is 0. The molecule has 4 rings (SSSR count). The van der Waals surface area contributed by atoms with Crippen molar-refractivity contribution in [2.24, 2.45) is 0 Å². The maximum atomic E-state index is 12.9. The van der Waals surface area contributed by atoms with E-state index in [1.54, 1.807) is 0 Å². The van der Waals surface area contributed by atoms with Crippen LogP contribution in [0.4, 0.5) is 0 Å². The van der Waals surface area contributed by atoms with Crippen LogP contribution in [-0.2, 0) is 0 Å². The number of fused-ring (bicyclic) bond motifs is 1. The largest absolute Gasteiger partial charge is 0.288 e. The monoisotopic (exact) mass is 348 g/mol. The lowest BCUT2D eigenvalue weighted by atomic mass is 9.99. The summed E-state index contributed by atoms with van der Waals surface area (Å²) >= 11 is 7.47. The van der Waals surface area contributed by atoms with Crippen molar-refractivity contribution in [1.82, 2.24) is 0 Å². The Morgan fingerprint density at radius 1 is 0.708 bits per heavy atom. The first-order valence-corrected chi connectivity index (χ1v) is 8.81. The van der Waals surface area contributed by atoms with E-state index in [1.807, 2.05) is 78.9 Å². The minimum Gasteiger partial charge on any atom is -0.288 e. The Bertz CT molecular complexity index is 943. The number of Topliss-reactive ketones (excluding diaryl/α,β-unsaturated/α-hetero) is 1. The summed E-state index contributed by atoms with van der Waals surface area (Å²) in [5, 5.41) is 0.692. The van der Waals surface area contributed by atoms with Crippen LogP contribution in [0, 0.1) is 0 Å². The van der Waals surface area contributed by atoms with Crippen LogP contribution in [0.1, 0.15) is 21.5 Å². The van der Waals surface area contributed by atoms with Crippen molar-refractivity contribution in [3.8, 4) is 0 Å². The second-order valence-corrected chi connectivity index (χ2v) is 7.02. The Hall–Kier alpha value is -2.29. The third kappa shape index (κ3) is 2.68. The molecule has 1 nitrogen and oxygen atoms in total. The third-order valence-electron chi connectivity index (χ3n) is 3.97. The van der Waals surface area contributed by atoms with E-state index in [0.717, 1.165) is 32.1 Å².